The molecule has 6 nitrogen and oxygen atoms in total. The van der Waals surface area contributed by atoms with Gasteiger partial charge in [0.05, 0.1) is 5.69 Å². The molecule has 0 aliphatic rings. The molecule has 1 aromatic heterocycles. The van der Waals surface area contributed by atoms with Crippen molar-refractivity contribution in [3.8, 4) is 6.07 Å². The first-order chi connectivity index (χ1) is 8.01. The molecule has 0 saturated heterocycles. The minimum atomic E-state index is -0.406. The van der Waals surface area contributed by atoms with Crippen LogP contribution in [0.1, 0.15) is 25.1 Å². The molecule has 0 spiro atoms. The summed E-state index contributed by atoms with van der Waals surface area (Å²) in [5, 5.41) is 18.9. The highest BCUT2D eigenvalue weighted by molar-refractivity contribution is 5.84. The number of nitriles is 1. The van der Waals surface area contributed by atoms with Gasteiger partial charge in [0.1, 0.15) is 23.5 Å². The highest BCUT2D eigenvalue weighted by Crippen LogP contribution is 2.18. The zero-order valence-corrected chi connectivity index (χ0v) is 10.5. The van der Waals surface area contributed by atoms with E-state index in [1.807, 2.05) is 6.92 Å². The molecule has 92 valence electrons. The average Bonchev–Trinajstić information content (AvgIpc) is 2.53. The zero-order chi connectivity index (χ0) is 13.0. The number of carbonyl (C=O) groups excluding carboxylic acids is 1. The van der Waals surface area contributed by atoms with Crippen molar-refractivity contribution >= 4 is 11.7 Å². The fourth-order valence-corrected chi connectivity index (χ4v) is 1.56. The topological polar surface area (TPSA) is 82.7 Å². The standard InChI is InChI=1S/C11H17N5O/c1-5-13-11(17)8(3)14-10-9(6-12)7(2)15-16(10)4/h8,14H,5H2,1-4H3,(H,13,17). The van der Waals surface area contributed by atoms with Crippen LogP contribution in [0, 0.1) is 18.3 Å². The first-order valence-electron chi connectivity index (χ1n) is 5.49. The largest absolute Gasteiger partial charge is 0.358 e. The lowest BCUT2D eigenvalue weighted by atomic mass is 10.2. The van der Waals surface area contributed by atoms with Crippen LogP contribution in [0.15, 0.2) is 0 Å². The molecule has 2 N–H and O–H groups in total. The highest BCUT2D eigenvalue weighted by atomic mass is 16.2. The minimum absolute atomic E-state index is 0.102. The van der Waals surface area contributed by atoms with Crippen LogP contribution in [0.3, 0.4) is 0 Å². The first-order valence-corrected chi connectivity index (χ1v) is 5.49. The summed E-state index contributed by atoms with van der Waals surface area (Å²) >= 11 is 0. The Morgan fingerprint density at radius 1 is 1.65 bits per heavy atom. The summed E-state index contributed by atoms with van der Waals surface area (Å²) < 4.78 is 1.57. The van der Waals surface area contributed by atoms with Gasteiger partial charge in [-0.3, -0.25) is 9.48 Å². The number of amides is 1. The maximum Gasteiger partial charge on any atom is 0.242 e. The lowest BCUT2D eigenvalue weighted by molar-refractivity contribution is -0.121. The summed E-state index contributed by atoms with van der Waals surface area (Å²) in [7, 11) is 1.74. The Morgan fingerprint density at radius 3 is 2.82 bits per heavy atom. The van der Waals surface area contributed by atoms with Crippen LogP contribution >= 0.6 is 0 Å². The van der Waals surface area contributed by atoms with Gasteiger partial charge in [0.25, 0.3) is 0 Å². The van der Waals surface area contributed by atoms with Crippen LogP contribution in [0.2, 0.25) is 0 Å². The van der Waals surface area contributed by atoms with Gasteiger partial charge >= 0.3 is 0 Å². The molecule has 1 aromatic rings. The number of anilines is 1. The van der Waals surface area contributed by atoms with Crippen LogP contribution in [-0.4, -0.2) is 28.3 Å². The van der Waals surface area contributed by atoms with Crippen molar-refractivity contribution in [2.24, 2.45) is 7.05 Å². The average molecular weight is 235 g/mol. The van der Waals surface area contributed by atoms with Crippen LogP contribution in [0.4, 0.5) is 5.82 Å². The van der Waals surface area contributed by atoms with Gasteiger partial charge in [-0.25, -0.2) is 0 Å². The van der Waals surface area contributed by atoms with E-state index in [0.717, 1.165) is 0 Å². The summed E-state index contributed by atoms with van der Waals surface area (Å²) in [6.07, 6.45) is 0. The third kappa shape index (κ3) is 2.75. The smallest absolute Gasteiger partial charge is 0.242 e. The molecule has 1 amide bonds. The van der Waals surface area contributed by atoms with E-state index in [-0.39, 0.29) is 5.91 Å². The van der Waals surface area contributed by atoms with Crippen molar-refractivity contribution in [1.82, 2.24) is 15.1 Å². The Morgan fingerprint density at radius 2 is 2.29 bits per heavy atom. The highest BCUT2D eigenvalue weighted by Gasteiger charge is 2.18. The summed E-state index contributed by atoms with van der Waals surface area (Å²) in [6, 6.07) is 1.68. The van der Waals surface area contributed by atoms with Gasteiger partial charge in [-0.05, 0) is 20.8 Å². The Bertz CT molecular complexity index is 457. The van der Waals surface area contributed by atoms with Crippen LogP contribution in [0.5, 0.6) is 0 Å². The number of likely N-dealkylation sites (N-methyl/N-ethyl adjacent to an activating group) is 1. The first kappa shape index (κ1) is 13.0. The predicted molar refractivity (Wildman–Crippen MR) is 64.4 cm³/mol. The second kappa shape index (κ2) is 5.34. The van der Waals surface area contributed by atoms with Crippen molar-refractivity contribution < 1.29 is 4.79 Å². The van der Waals surface area contributed by atoms with E-state index < -0.39 is 6.04 Å². The zero-order valence-electron chi connectivity index (χ0n) is 10.5. The summed E-state index contributed by atoms with van der Waals surface area (Å²) in [4.78, 5) is 11.6. The number of hydrogen-bond acceptors (Lipinski definition) is 4. The van der Waals surface area contributed by atoms with Gasteiger partial charge < -0.3 is 10.6 Å². The van der Waals surface area contributed by atoms with Crippen molar-refractivity contribution in [2.45, 2.75) is 26.8 Å². The Kier molecular flexibility index (Phi) is 4.10. The number of carbonyl (C=O) groups is 1. The van der Waals surface area contributed by atoms with E-state index >= 15 is 0 Å². The van der Waals surface area contributed by atoms with Gasteiger partial charge in [-0.15, -0.1) is 0 Å². The minimum Gasteiger partial charge on any atom is -0.358 e. The molecule has 17 heavy (non-hydrogen) atoms. The van der Waals surface area contributed by atoms with Crippen LogP contribution < -0.4 is 10.6 Å². The quantitative estimate of drug-likeness (QED) is 0.797. The van der Waals surface area contributed by atoms with E-state index in [1.54, 1.807) is 25.6 Å². The molecule has 0 aliphatic heterocycles. The lowest BCUT2D eigenvalue weighted by Crippen LogP contribution is -2.37. The molecule has 1 heterocycles. The van der Waals surface area contributed by atoms with Gasteiger partial charge in [0, 0.05) is 13.6 Å². The molecule has 0 saturated carbocycles. The van der Waals surface area contributed by atoms with Crippen molar-refractivity contribution in [1.29, 1.82) is 5.26 Å². The molecule has 1 atom stereocenters. The number of aromatic nitrogens is 2. The summed E-state index contributed by atoms with van der Waals surface area (Å²) in [6.45, 7) is 5.95. The Hall–Kier alpha value is -2.03. The lowest BCUT2D eigenvalue weighted by Gasteiger charge is -2.14. The molecule has 1 rings (SSSR count). The van der Waals surface area contributed by atoms with Crippen LogP contribution in [0.25, 0.3) is 0 Å². The fourth-order valence-electron chi connectivity index (χ4n) is 1.56. The fraction of sp³-hybridized carbons (Fsp3) is 0.545. The van der Waals surface area contributed by atoms with Crippen molar-refractivity contribution in [3.63, 3.8) is 0 Å². The number of nitrogens with zero attached hydrogens (tertiary/aromatic N) is 3. The molecule has 1 unspecified atom stereocenters. The number of rotatable bonds is 4. The molecule has 0 radical (unpaired) electrons. The Balaban J connectivity index is 2.89. The maximum atomic E-state index is 11.6. The molecular formula is C11H17N5O. The number of aryl methyl sites for hydroxylation is 2. The Labute approximate surface area is 101 Å². The number of hydrogen-bond donors (Lipinski definition) is 2. The summed E-state index contributed by atoms with van der Waals surface area (Å²) in [5.41, 5.74) is 1.13. The SMILES string of the molecule is CCNC(=O)C(C)Nc1c(C#N)c(C)nn1C. The van der Waals surface area contributed by atoms with E-state index in [4.69, 9.17) is 5.26 Å². The molecule has 0 bridgehead atoms. The predicted octanol–water partition coefficient (Wildman–Crippen LogP) is 0.537. The van der Waals surface area contributed by atoms with Gasteiger partial charge in [0.15, 0.2) is 0 Å². The van der Waals surface area contributed by atoms with Gasteiger partial charge in [-0.2, -0.15) is 10.4 Å². The summed E-state index contributed by atoms with van der Waals surface area (Å²) in [5.74, 6) is 0.471. The molecular weight excluding hydrogens is 218 g/mol. The maximum absolute atomic E-state index is 11.6. The third-order valence-electron chi connectivity index (χ3n) is 2.43. The van der Waals surface area contributed by atoms with E-state index in [9.17, 15) is 4.79 Å². The monoisotopic (exact) mass is 235 g/mol. The normalized spacial score (nSPS) is 11.7. The second-order valence-electron chi connectivity index (χ2n) is 3.81. The van der Waals surface area contributed by atoms with E-state index in [1.165, 1.54) is 0 Å². The van der Waals surface area contributed by atoms with E-state index in [0.29, 0.717) is 23.6 Å². The second-order valence-corrected chi connectivity index (χ2v) is 3.81. The van der Waals surface area contributed by atoms with Gasteiger partial charge in [-0.1, -0.05) is 0 Å². The van der Waals surface area contributed by atoms with Gasteiger partial charge in [0.2, 0.25) is 5.91 Å². The molecule has 0 aliphatic carbocycles. The van der Waals surface area contributed by atoms with E-state index in [2.05, 4.69) is 21.8 Å². The molecule has 6 heteroatoms. The van der Waals surface area contributed by atoms with Crippen molar-refractivity contribution in [2.75, 3.05) is 11.9 Å². The van der Waals surface area contributed by atoms with Crippen molar-refractivity contribution in [3.05, 3.63) is 11.3 Å². The number of nitrogens with one attached hydrogen (secondary N) is 2. The van der Waals surface area contributed by atoms with Crippen LogP contribution in [-0.2, 0) is 11.8 Å². The molecule has 0 fully saturated rings. The molecule has 0 aromatic carbocycles. The third-order valence-corrected chi connectivity index (χ3v) is 2.43.